The van der Waals surface area contributed by atoms with Crippen LogP contribution >= 0.6 is 0 Å². The third-order valence-corrected chi connectivity index (χ3v) is 5.40. The lowest BCUT2D eigenvalue weighted by molar-refractivity contribution is -0.280. The molecule has 6 nitrogen and oxygen atoms in total. The van der Waals surface area contributed by atoms with E-state index < -0.39 is 28.6 Å². The van der Waals surface area contributed by atoms with Gasteiger partial charge in [-0.15, -0.1) is 0 Å². The molecule has 0 aromatic heterocycles. The molecule has 0 radical (unpaired) electrons. The van der Waals surface area contributed by atoms with Crippen LogP contribution in [-0.2, 0) is 9.47 Å². The number of ether oxygens (including phenoxy) is 2. The van der Waals surface area contributed by atoms with E-state index >= 15 is 0 Å². The van der Waals surface area contributed by atoms with Gasteiger partial charge < -0.3 is 9.47 Å². The minimum absolute atomic E-state index is 0.360. The first kappa shape index (κ1) is 16.0. The van der Waals surface area contributed by atoms with Crippen molar-refractivity contribution in [2.24, 2.45) is 16.7 Å². The summed E-state index contributed by atoms with van der Waals surface area (Å²) in [4.78, 5) is 0. The van der Waals surface area contributed by atoms with E-state index in [0.29, 0.717) is 12.0 Å². The molecule has 0 unspecified atom stereocenters. The van der Waals surface area contributed by atoms with Crippen molar-refractivity contribution >= 4 is 5.90 Å². The molecule has 6 heteroatoms. The number of nitrogens with zero attached hydrogens (tertiary/aromatic N) is 3. The Kier molecular flexibility index (Phi) is 3.37. The van der Waals surface area contributed by atoms with Crippen molar-refractivity contribution in [3.05, 3.63) is 35.9 Å². The summed E-state index contributed by atoms with van der Waals surface area (Å²) in [6.07, 6.45) is -0.580. The number of nitrogens with one attached hydrogen (secondary N) is 1. The molecule has 24 heavy (non-hydrogen) atoms. The minimum Gasteiger partial charge on any atom is -0.447 e. The molecule has 2 bridgehead atoms. The van der Waals surface area contributed by atoms with Crippen LogP contribution in [0, 0.1) is 56.2 Å². The quantitative estimate of drug-likeness (QED) is 0.899. The van der Waals surface area contributed by atoms with Gasteiger partial charge in [0.2, 0.25) is 17.1 Å². The average Bonchev–Trinajstić information content (AvgIpc) is 2.78. The van der Waals surface area contributed by atoms with Gasteiger partial charge in [0, 0.05) is 6.42 Å². The Morgan fingerprint density at radius 1 is 1.12 bits per heavy atom. The highest BCUT2D eigenvalue weighted by molar-refractivity contribution is 5.89. The van der Waals surface area contributed by atoms with E-state index in [2.05, 4.69) is 6.07 Å². The number of fused-ring (bicyclic) bond motifs is 2. The van der Waals surface area contributed by atoms with Gasteiger partial charge in [0.05, 0.1) is 24.1 Å². The summed E-state index contributed by atoms with van der Waals surface area (Å²) >= 11 is 0. The Bertz CT molecular complexity index is 802. The second-order valence-electron chi connectivity index (χ2n) is 6.18. The standard InChI is InChI=1S/C18H16N4O2/c1-3-18-12(2)17(11-21,15(22)24-18)16(9-19,10-20)14(23-18)13-7-5-4-6-8-13/h4-8,12,14,22H,3H2,1-2H3/t12-,14+,17-,18-/m1/s1. The summed E-state index contributed by atoms with van der Waals surface area (Å²) in [6, 6.07) is 15.0. The van der Waals surface area contributed by atoms with Crippen LogP contribution in [-0.4, -0.2) is 11.7 Å². The molecule has 1 N–H and O–H groups in total. The van der Waals surface area contributed by atoms with Crippen LogP contribution in [0.2, 0.25) is 0 Å². The predicted molar refractivity (Wildman–Crippen MR) is 83.0 cm³/mol. The second kappa shape index (κ2) is 5.06. The van der Waals surface area contributed by atoms with Crippen molar-refractivity contribution < 1.29 is 9.47 Å². The molecule has 2 fully saturated rings. The predicted octanol–water partition coefficient (Wildman–Crippen LogP) is 3.05. The highest BCUT2D eigenvalue weighted by Gasteiger charge is 2.78. The molecule has 0 amide bonds. The van der Waals surface area contributed by atoms with E-state index in [9.17, 15) is 15.8 Å². The van der Waals surface area contributed by atoms with Crippen LogP contribution in [0.25, 0.3) is 0 Å². The lowest BCUT2D eigenvalue weighted by atomic mass is 9.53. The minimum atomic E-state index is -1.87. The number of rotatable bonds is 2. The van der Waals surface area contributed by atoms with E-state index in [1.54, 1.807) is 31.2 Å². The van der Waals surface area contributed by atoms with Crippen molar-refractivity contribution in [2.75, 3.05) is 0 Å². The molecule has 0 saturated carbocycles. The number of benzene rings is 1. The molecular weight excluding hydrogens is 304 g/mol. The van der Waals surface area contributed by atoms with Crippen LogP contribution in [0.3, 0.4) is 0 Å². The first-order chi connectivity index (χ1) is 11.5. The molecule has 120 valence electrons. The average molecular weight is 320 g/mol. The molecule has 0 spiro atoms. The fourth-order valence-electron chi connectivity index (χ4n) is 3.97. The lowest BCUT2D eigenvalue weighted by Gasteiger charge is -2.48. The summed E-state index contributed by atoms with van der Waals surface area (Å²) in [5.74, 6) is -2.17. The molecule has 4 atom stereocenters. The Hall–Kier alpha value is -2.88. The van der Waals surface area contributed by atoms with Crippen molar-refractivity contribution in [1.29, 1.82) is 21.2 Å². The van der Waals surface area contributed by atoms with Gasteiger partial charge in [-0.2, -0.15) is 15.8 Å². The highest BCUT2D eigenvalue weighted by atomic mass is 16.7. The van der Waals surface area contributed by atoms with E-state index in [-0.39, 0.29) is 5.90 Å². The van der Waals surface area contributed by atoms with Crippen molar-refractivity contribution in [1.82, 2.24) is 0 Å². The summed E-state index contributed by atoms with van der Waals surface area (Å²) in [5, 5.41) is 38.1. The maximum atomic E-state index is 9.95. The molecule has 2 aliphatic rings. The van der Waals surface area contributed by atoms with Gasteiger partial charge in [-0.05, 0) is 5.56 Å². The van der Waals surface area contributed by atoms with Gasteiger partial charge in [-0.3, -0.25) is 5.41 Å². The van der Waals surface area contributed by atoms with Crippen molar-refractivity contribution in [2.45, 2.75) is 32.2 Å². The molecule has 1 aromatic rings. The zero-order valence-corrected chi connectivity index (χ0v) is 13.4. The molecule has 2 saturated heterocycles. The largest absolute Gasteiger partial charge is 0.447 e. The lowest BCUT2D eigenvalue weighted by Crippen LogP contribution is -2.58. The number of hydrogen-bond acceptors (Lipinski definition) is 6. The van der Waals surface area contributed by atoms with Gasteiger partial charge in [0.15, 0.2) is 5.41 Å². The summed E-state index contributed by atoms with van der Waals surface area (Å²) < 4.78 is 11.8. The van der Waals surface area contributed by atoms with E-state index in [1.165, 1.54) is 0 Å². The monoisotopic (exact) mass is 320 g/mol. The smallest absolute Gasteiger partial charge is 0.217 e. The van der Waals surface area contributed by atoms with Gasteiger partial charge >= 0.3 is 0 Å². The molecule has 1 aromatic carbocycles. The molecule has 2 heterocycles. The van der Waals surface area contributed by atoms with Crippen molar-refractivity contribution in [3.63, 3.8) is 0 Å². The normalized spacial score (nSPS) is 36.0. The first-order valence-electron chi connectivity index (χ1n) is 7.72. The zero-order valence-electron chi connectivity index (χ0n) is 13.4. The maximum absolute atomic E-state index is 9.95. The van der Waals surface area contributed by atoms with E-state index in [4.69, 9.17) is 14.9 Å². The molecular formula is C18H16N4O2. The summed E-state index contributed by atoms with van der Waals surface area (Å²) in [7, 11) is 0. The molecule has 3 rings (SSSR count). The summed E-state index contributed by atoms with van der Waals surface area (Å²) in [5.41, 5.74) is -2.93. The molecule has 2 aliphatic heterocycles. The number of hydrogen-bond donors (Lipinski definition) is 1. The zero-order chi connectivity index (χ0) is 17.6. The Balaban J connectivity index is 2.34. The summed E-state index contributed by atoms with van der Waals surface area (Å²) in [6.45, 7) is 3.55. The van der Waals surface area contributed by atoms with Crippen LogP contribution in [0.15, 0.2) is 30.3 Å². The van der Waals surface area contributed by atoms with Crippen LogP contribution < -0.4 is 0 Å². The Morgan fingerprint density at radius 2 is 1.75 bits per heavy atom. The van der Waals surface area contributed by atoms with Crippen LogP contribution in [0.4, 0.5) is 0 Å². The van der Waals surface area contributed by atoms with E-state index in [1.807, 2.05) is 25.1 Å². The topological polar surface area (TPSA) is 114 Å². The van der Waals surface area contributed by atoms with Gasteiger partial charge in [0.1, 0.15) is 6.10 Å². The van der Waals surface area contributed by atoms with Gasteiger partial charge in [-0.1, -0.05) is 44.2 Å². The molecule has 0 aliphatic carbocycles. The van der Waals surface area contributed by atoms with Gasteiger partial charge in [0.25, 0.3) is 0 Å². The van der Waals surface area contributed by atoms with Crippen LogP contribution in [0.1, 0.15) is 31.9 Å². The second-order valence-corrected chi connectivity index (χ2v) is 6.18. The fraction of sp³-hybridized carbons (Fsp3) is 0.444. The fourth-order valence-corrected chi connectivity index (χ4v) is 3.97. The van der Waals surface area contributed by atoms with Crippen LogP contribution in [0.5, 0.6) is 0 Å². The SMILES string of the molecule is CC[C@@]12OC(=N)[C@@](C#N)([C@H]1C)C(C#N)(C#N)[C@H](c1ccccc1)O2. The van der Waals surface area contributed by atoms with Crippen molar-refractivity contribution in [3.8, 4) is 18.2 Å². The highest BCUT2D eigenvalue weighted by Crippen LogP contribution is 2.66. The third-order valence-electron chi connectivity index (χ3n) is 5.40. The maximum Gasteiger partial charge on any atom is 0.217 e. The van der Waals surface area contributed by atoms with Gasteiger partial charge in [-0.25, -0.2) is 0 Å². The van der Waals surface area contributed by atoms with E-state index in [0.717, 1.165) is 0 Å². The Labute approximate surface area is 140 Å². The Morgan fingerprint density at radius 3 is 2.25 bits per heavy atom. The first-order valence-corrected chi connectivity index (χ1v) is 7.72. The third kappa shape index (κ3) is 1.53. The number of nitriles is 3.